The molecule has 3 rings (SSSR count). The summed E-state index contributed by atoms with van der Waals surface area (Å²) >= 11 is 0. The number of morpholine rings is 1. The number of aromatic nitrogens is 1. The van der Waals surface area contributed by atoms with E-state index in [1.165, 1.54) is 24.3 Å². The Bertz CT molecular complexity index is 1270. The van der Waals surface area contributed by atoms with E-state index in [9.17, 15) is 18.5 Å². The van der Waals surface area contributed by atoms with E-state index in [2.05, 4.69) is 29.5 Å². The van der Waals surface area contributed by atoms with Crippen molar-refractivity contribution >= 4 is 25.5 Å². The Kier molecular flexibility index (Phi) is 7.99. The lowest BCUT2D eigenvalue weighted by Crippen LogP contribution is -2.42. The molecule has 10 nitrogen and oxygen atoms in total. The van der Waals surface area contributed by atoms with Crippen molar-refractivity contribution in [3.8, 4) is 0 Å². The first-order valence-electron chi connectivity index (χ1n) is 11.3. The second kappa shape index (κ2) is 10.3. The van der Waals surface area contributed by atoms with Gasteiger partial charge in [0.1, 0.15) is 0 Å². The highest BCUT2D eigenvalue weighted by molar-refractivity contribution is 8.03. The van der Waals surface area contributed by atoms with Crippen molar-refractivity contribution in [3.63, 3.8) is 0 Å². The average Bonchev–Trinajstić information content (AvgIpc) is 2.78. The van der Waals surface area contributed by atoms with Crippen molar-refractivity contribution in [2.24, 2.45) is 13.5 Å². The molecule has 0 radical (unpaired) electrons. The van der Waals surface area contributed by atoms with Crippen molar-refractivity contribution < 1.29 is 18.1 Å². The van der Waals surface area contributed by atoms with Crippen LogP contribution >= 0.6 is 0 Å². The van der Waals surface area contributed by atoms with E-state index in [-0.39, 0.29) is 16.0 Å². The zero-order chi connectivity index (χ0) is 25.9. The quantitative estimate of drug-likeness (QED) is 0.379. The minimum Gasteiger partial charge on any atom is -0.379 e. The summed E-state index contributed by atoms with van der Waals surface area (Å²) in [5.41, 5.74) is -0.870. The van der Waals surface area contributed by atoms with Crippen LogP contribution in [0.25, 0.3) is 0 Å². The maximum Gasteiger partial charge on any atom is 0.290 e. The molecule has 1 aromatic carbocycles. The number of nitro benzene ring substituents is 1. The highest BCUT2D eigenvalue weighted by Crippen LogP contribution is 2.35. The molecule has 1 unspecified atom stereocenters. The first-order chi connectivity index (χ1) is 16.2. The molecule has 35 heavy (non-hydrogen) atoms. The maximum atomic E-state index is 13.7. The molecule has 2 aromatic rings. The van der Waals surface area contributed by atoms with Crippen LogP contribution in [0.1, 0.15) is 41.0 Å². The monoisotopic (exact) mass is 523 g/mol. The molecule has 1 aliphatic heterocycles. The largest absolute Gasteiger partial charge is 0.379 e. The van der Waals surface area contributed by atoms with Gasteiger partial charge < -0.3 is 4.74 Å². The van der Waals surface area contributed by atoms with E-state index in [1.807, 2.05) is 24.2 Å². The first-order valence-corrected chi connectivity index (χ1v) is 14.2. The summed E-state index contributed by atoms with van der Waals surface area (Å²) in [6.45, 7) is 12.1. The molecule has 0 N–H and O–H groups in total. The van der Waals surface area contributed by atoms with Crippen LogP contribution in [-0.4, -0.2) is 54.5 Å². The lowest BCUT2D eigenvalue weighted by Gasteiger charge is -2.37. The van der Waals surface area contributed by atoms with Gasteiger partial charge in [0.25, 0.3) is 15.7 Å². The predicted octanol–water partition coefficient (Wildman–Crippen LogP) is 4.72. The van der Waals surface area contributed by atoms with Gasteiger partial charge in [0.2, 0.25) is 0 Å². The van der Waals surface area contributed by atoms with Gasteiger partial charge in [-0.2, -0.15) is 8.42 Å². The minimum absolute atomic E-state index is 0.0602. The number of nitro groups is 1. The lowest BCUT2D eigenvalue weighted by atomic mass is 9.82. The van der Waals surface area contributed by atoms with E-state index in [0.717, 1.165) is 0 Å². The van der Waals surface area contributed by atoms with Crippen LogP contribution in [0.3, 0.4) is 0 Å². The average molecular weight is 524 g/mol. The Morgan fingerprint density at radius 2 is 1.69 bits per heavy atom. The highest BCUT2D eigenvalue weighted by Gasteiger charge is 2.33. The summed E-state index contributed by atoms with van der Waals surface area (Å²) in [5.74, 6) is 0. The number of pyridine rings is 1. The second-order valence-electron chi connectivity index (χ2n) is 10.2. The topological polar surface area (TPSA) is 127 Å². The zero-order valence-electron chi connectivity index (χ0n) is 20.7. The van der Waals surface area contributed by atoms with Gasteiger partial charge in [-0.1, -0.05) is 20.8 Å². The van der Waals surface area contributed by atoms with Crippen molar-refractivity contribution in [3.05, 3.63) is 58.9 Å². The zero-order valence-corrected chi connectivity index (χ0v) is 22.4. The fourth-order valence-electron chi connectivity index (χ4n) is 4.27. The number of hydrogen-bond acceptors (Lipinski definition) is 7. The smallest absolute Gasteiger partial charge is 0.290 e. The SMILES string of the molecule is CC(C)(C)CC(C)(C)N=S(=NS(=O)(=O)c1ccc([N+](=O)[O-])cc1)(c1cccnc1)N1CCOCC1. The first kappa shape index (κ1) is 27.2. The molecule has 0 spiro atoms. The van der Waals surface area contributed by atoms with Gasteiger partial charge in [0.05, 0.1) is 33.5 Å². The van der Waals surface area contributed by atoms with Gasteiger partial charge in [-0.25, -0.2) is 8.67 Å². The van der Waals surface area contributed by atoms with Crippen molar-refractivity contribution in [2.45, 2.75) is 56.4 Å². The van der Waals surface area contributed by atoms with Gasteiger partial charge in [-0.05, 0) is 49.9 Å². The number of non-ortho nitro benzene ring substituents is 1. The molecule has 0 amide bonds. The van der Waals surface area contributed by atoms with Crippen LogP contribution < -0.4 is 0 Å². The fourth-order valence-corrected chi connectivity index (χ4v) is 9.44. The summed E-state index contributed by atoms with van der Waals surface area (Å²) in [5, 5.41) is 11.0. The van der Waals surface area contributed by atoms with Crippen LogP contribution in [0, 0.1) is 15.5 Å². The van der Waals surface area contributed by atoms with Gasteiger partial charge in [0.15, 0.2) is 0 Å². The molecule has 1 saturated heterocycles. The third-order valence-electron chi connectivity index (χ3n) is 5.17. The maximum absolute atomic E-state index is 13.7. The summed E-state index contributed by atoms with van der Waals surface area (Å²) in [7, 11) is -7.06. The molecular weight excluding hydrogens is 490 g/mol. The van der Waals surface area contributed by atoms with Gasteiger partial charge >= 0.3 is 0 Å². The molecule has 12 heteroatoms. The van der Waals surface area contributed by atoms with Crippen LogP contribution in [0.5, 0.6) is 0 Å². The molecular formula is C23H33N5O5S2. The number of ether oxygens (including phenoxy) is 1. The predicted molar refractivity (Wildman–Crippen MR) is 136 cm³/mol. The van der Waals surface area contributed by atoms with Crippen LogP contribution in [0.4, 0.5) is 5.69 Å². The summed E-state index contributed by atoms with van der Waals surface area (Å²) in [6.07, 6.45) is 3.95. The number of hydrogen-bond donors (Lipinski definition) is 0. The summed E-state index contributed by atoms with van der Waals surface area (Å²) in [4.78, 5) is 15.2. The second-order valence-corrected chi connectivity index (χ2v) is 14.4. The normalized spacial score (nSPS) is 17.4. The van der Waals surface area contributed by atoms with E-state index in [1.54, 1.807) is 18.5 Å². The fraction of sp³-hybridized carbons (Fsp3) is 0.522. The van der Waals surface area contributed by atoms with Crippen molar-refractivity contribution in [2.75, 3.05) is 26.3 Å². The van der Waals surface area contributed by atoms with Crippen molar-refractivity contribution in [1.82, 2.24) is 9.29 Å². The Labute approximate surface area is 207 Å². The van der Waals surface area contributed by atoms with Crippen LogP contribution in [-0.2, 0) is 24.6 Å². The lowest BCUT2D eigenvalue weighted by molar-refractivity contribution is -0.384. The molecule has 0 aliphatic carbocycles. The van der Waals surface area contributed by atoms with Gasteiger partial charge in [0, 0.05) is 47.4 Å². The van der Waals surface area contributed by atoms with Crippen molar-refractivity contribution in [1.29, 1.82) is 0 Å². The number of sulfonamides is 1. The molecule has 2 heterocycles. The third kappa shape index (κ3) is 6.84. The standard InChI is InChI=1S/C23H33N5O5S2/c1-22(2,3)18-23(4,5)25-34(21-7-6-12-24-17-21,27-13-15-33-16-14-27)26-35(31,32)20-10-8-19(9-11-20)28(29)30/h6-12,17H,13-16,18H2,1-5H3. The molecule has 0 saturated carbocycles. The number of benzene rings is 1. The van der Waals surface area contributed by atoms with Gasteiger partial charge in [-0.3, -0.25) is 15.1 Å². The molecule has 1 aromatic heterocycles. The minimum atomic E-state index is -4.24. The van der Waals surface area contributed by atoms with E-state index < -0.39 is 30.3 Å². The molecule has 192 valence electrons. The van der Waals surface area contributed by atoms with E-state index in [4.69, 9.17) is 9.10 Å². The Hall–Kier alpha value is -2.41. The highest BCUT2D eigenvalue weighted by atomic mass is 32.3. The number of nitrogens with zero attached hydrogens (tertiary/aromatic N) is 5. The van der Waals surface area contributed by atoms with Gasteiger partial charge in [-0.15, -0.1) is 3.77 Å². The van der Waals surface area contributed by atoms with E-state index in [0.29, 0.717) is 37.6 Å². The Morgan fingerprint density at radius 1 is 1.06 bits per heavy atom. The Morgan fingerprint density at radius 3 is 2.20 bits per heavy atom. The summed E-state index contributed by atoms with van der Waals surface area (Å²) in [6, 6.07) is 8.31. The summed E-state index contributed by atoms with van der Waals surface area (Å²) < 4.78 is 44.6. The van der Waals surface area contributed by atoms with Crippen LogP contribution in [0.15, 0.2) is 66.7 Å². The molecule has 0 bridgehead atoms. The molecule has 1 atom stereocenters. The third-order valence-corrected chi connectivity index (χ3v) is 10.4. The van der Waals surface area contributed by atoms with E-state index >= 15 is 0 Å². The number of rotatable bonds is 7. The molecule has 1 fully saturated rings. The Balaban J connectivity index is 2.36. The molecule has 1 aliphatic rings. The van der Waals surface area contributed by atoms with Crippen LogP contribution in [0.2, 0.25) is 0 Å².